The van der Waals surface area contributed by atoms with Crippen molar-refractivity contribution in [1.29, 1.82) is 0 Å². The van der Waals surface area contributed by atoms with Gasteiger partial charge in [-0.1, -0.05) is 54.2 Å². The lowest BCUT2D eigenvalue weighted by Gasteiger charge is -2.08. The lowest BCUT2D eigenvalue weighted by atomic mass is 10.2. The van der Waals surface area contributed by atoms with Crippen LogP contribution in [0.4, 0.5) is 4.39 Å². The van der Waals surface area contributed by atoms with E-state index in [1.54, 1.807) is 34.5 Å². The topological polar surface area (TPSA) is 59.8 Å². The molecule has 27 heavy (non-hydrogen) atoms. The molecule has 0 atom stereocenters. The number of carbonyl (C=O) groups is 1. The summed E-state index contributed by atoms with van der Waals surface area (Å²) in [4.78, 5) is 12.0. The number of halogens is 1. The largest absolute Gasteiger partial charge is 0.355 e. The fourth-order valence-corrected chi connectivity index (χ4v) is 3.91. The highest BCUT2D eigenvalue weighted by atomic mass is 32.2. The van der Waals surface area contributed by atoms with Crippen LogP contribution in [0.2, 0.25) is 0 Å². The van der Waals surface area contributed by atoms with Gasteiger partial charge in [-0.05, 0) is 17.7 Å². The molecule has 0 radical (unpaired) electrons. The number of hydrogen-bond acceptors (Lipinski definition) is 5. The minimum atomic E-state index is -0.362. The SMILES string of the molecule is O=C(CSc1nncn1-c1ccccc1F)NCCSCc1ccccc1. The van der Waals surface area contributed by atoms with Crippen molar-refractivity contribution in [3.8, 4) is 5.69 Å². The number of para-hydroxylation sites is 1. The maximum atomic E-state index is 13.9. The summed E-state index contributed by atoms with van der Waals surface area (Å²) >= 11 is 3.01. The molecule has 8 heteroatoms. The summed E-state index contributed by atoms with van der Waals surface area (Å²) in [6.45, 7) is 0.608. The van der Waals surface area contributed by atoms with E-state index in [1.807, 2.05) is 18.2 Å². The zero-order valence-electron chi connectivity index (χ0n) is 14.5. The molecule has 5 nitrogen and oxygen atoms in total. The molecule has 0 aliphatic heterocycles. The minimum absolute atomic E-state index is 0.0802. The molecule has 1 heterocycles. The van der Waals surface area contributed by atoms with Gasteiger partial charge in [-0.3, -0.25) is 9.36 Å². The van der Waals surface area contributed by atoms with E-state index in [1.165, 1.54) is 29.7 Å². The van der Waals surface area contributed by atoms with Gasteiger partial charge in [0.25, 0.3) is 0 Å². The van der Waals surface area contributed by atoms with Gasteiger partial charge >= 0.3 is 0 Å². The molecule has 0 bridgehead atoms. The molecule has 3 aromatic rings. The summed E-state index contributed by atoms with van der Waals surface area (Å²) in [5.74, 6) is 1.53. The summed E-state index contributed by atoms with van der Waals surface area (Å²) in [5.41, 5.74) is 1.64. The molecule has 1 N–H and O–H groups in total. The number of thioether (sulfide) groups is 2. The molecule has 1 amide bonds. The maximum Gasteiger partial charge on any atom is 0.230 e. The van der Waals surface area contributed by atoms with Gasteiger partial charge in [0.15, 0.2) is 5.16 Å². The molecule has 3 rings (SSSR count). The van der Waals surface area contributed by atoms with Crippen LogP contribution in [0.3, 0.4) is 0 Å². The molecule has 0 aliphatic rings. The Balaban J connectivity index is 1.40. The third-order valence-electron chi connectivity index (χ3n) is 3.64. The van der Waals surface area contributed by atoms with E-state index < -0.39 is 0 Å². The first-order chi connectivity index (χ1) is 13.2. The molecule has 0 spiro atoms. The van der Waals surface area contributed by atoms with E-state index in [4.69, 9.17) is 0 Å². The van der Waals surface area contributed by atoms with Gasteiger partial charge in [0.1, 0.15) is 12.1 Å². The normalized spacial score (nSPS) is 10.7. The van der Waals surface area contributed by atoms with Crippen molar-refractivity contribution in [2.24, 2.45) is 0 Å². The van der Waals surface area contributed by atoms with Crippen LogP contribution in [0.15, 0.2) is 66.1 Å². The fraction of sp³-hybridized carbons (Fsp3) is 0.211. The number of carbonyl (C=O) groups excluding carboxylic acids is 1. The second kappa shape index (κ2) is 10.1. The predicted molar refractivity (Wildman–Crippen MR) is 108 cm³/mol. The monoisotopic (exact) mass is 402 g/mol. The van der Waals surface area contributed by atoms with Gasteiger partial charge in [0.05, 0.1) is 11.4 Å². The van der Waals surface area contributed by atoms with Crippen LogP contribution >= 0.6 is 23.5 Å². The van der Waals surface area contributed by atoms with Gasteiger partial charge < -0.3 is 5.32 Å². The summed E-state index contributed by atoms with van der Waals surface area (Å²) in [6, 6.07) is 16.6. The highest BCUT2D eigenvalue weighted by Crippen LogP contribution is 2.21. The zero-order valence-corrected chi connectivity index (χ0v) is 16.2. The van der Waals surface area contributed by atoms with Crippen LogP contribution in [0.5, 0.6) is 0 Å². The van der Waals surface area contributed by atoms with Crippen LogP contribution in [-0.2, 0) is 10.5 Å². The molecule has 140 valence electrons. The summed E-state index contributed by atoms with van der Waals surface area (Å²) in [5, 5.41) is 11.2. The Morgan fingerprint density at radius 2 is 1.89 bits per heavy atom. The third-order valence-corrected chi connectivity index (χ3v) is 5.61. The Morgan fingerprint density at radius 1 is 1.11 bits per heavy atom. The van der Waals surface area contributed by atoms with Crippen LogP contribution < -0.4 is 5.32 Å². The highest BCUT2D eigenvalue weighted by Gasteiger charge is 2.12. The second-order valence-corrected chi connectivity index (χ2v) is 7.66. The third kappa shape index (κ3) is 5.83. The first-order valence-corrected chi connectivity index (χ1v) is 10.5. The molecule has 0 aliphatic carbocycles. The molecule has 0 fully saturated rings. The van der Waals surface area contributed by atoms with Gasteiger partial charge in [-0.2, -0.15) is 11.8 Å². The Kier molecular flexibility index (Phi) is 7.29. The lowest BCUT2D eigenvalue weighted by molar-refractivity contribution is -0.118. The van der Waals surface area contributed by atoms with E-state index >= 15 is 0 Å². The first kappa shape index (κ1) is 19.4. The number of benzene rings is 2. The predicted octanol–water partition coefficient (Wildman–Crippen LogP) is 3.55. The zero-order chi connectivity index (χ0) is 18.9. The van der Waals surface area contributed by atoms with Crippen molar-refractivity contribution < 1.29 is 9.18 Å². The van der Waals surface area contributed by atoms with Gasteiger partial charge in [-0.15, -0.1) is 10.2 Å². The summed E-state index contributed by atoms with van der Waals surface area (Å²) in [7, 11) is 0. The van der Waals surface area contributed by atoms with E-state index in [2.05, 4.69) is 27.6 Å². The number of nitrogens with zero attached hydrogens (tertiary/aromatic N) is 3. The minimum Gasteiger partial charge on any atom is -0.355 e. The second-order valence-electron chi connectivity index (χ2n) is 5.61. The van der Waals surface area contributed by atoms with Crippen molar-refractivity contribution in [2.45, 2.75) is 10.9 Å². The fourth-order valence-electron chi connectivity index (χ4n) is 2.34. The van der Waals surface area contributed by atoms with Crippen LogP contribution in [0.1, 0.15) is 5.56 Å². The number of amides is 1. The van der Waals surface area contributed by atoms with Crippen LogP contribution in [0.25, 0.3) is 5.69 Å². The number of aromatic nitrogens is 3. The number of rotatable bonds is 9. The molecular formula is C19H19FN4OS2. The Bertz CT molecular complexity index is 873. The summed E-state index contributed by atoms with van der Waals surface area (Å²) in [6.07, 6.45) is 1.44. The molecule has 1 aromatic heterocycles. The van der Waals surface area contributed by atoms with Gasteiger partial charge in [0, 0.05) is 18.1 Å². The highest BCUT2D eigenvalue weighted by molar-refractivity contribution is 7.99. The molecule has 0 saturated carbocycles. The van der Waals surface area contributed by atoms with Crippen molar-refractivity contribution in [2.75, 3.05) is 18.1 Å². The Labute approximate surface area is 165 Å². The van der Waals surface area contributed by atoms with E-state index in [0.29, 0.717) is 17.4 Å². The first-order valence-electron chi connectivity index (χ1n) is 8.40. The van der Waals surface area contributed by atoms with E-state index in [0.717, 1.165) is 11.5 Å². The van der Waals surface area contributed by atoms with Crippen LogP contribution in [-0.4, -0.2) is 38.7 Å². The van der Waals surface area contributed by atoms with Crippen molar-refractivity contribution in [3.63, 3.8) is 0 Å². The molecule has 0 saturated heterocycles. The van der Waals surface area contributed by atoms with Crippen molar-refractivity contribution in [1.82, 2.24) is 20.1 Å². The standard InChI is InChI=1S/C19H19FN4OS2/c20-16-8-4-5-9-17(16)24-14-22-23-19(24)27-13-18(25)21-10-11-26-12-15-6-2-1-3-7-15/h1-9,14H,10-13H2,(H,21,25). The van der Waals surface area contributed by atoms with Gasteiger partial charge in [-0.25, -0.2) is 4.39 Å². The van der Waals surface area contributed by atoms with Gasteiger partial charge in [0.2, 0.25) is 5.91 Å². The maximum absolute atomic E-state index is 13.9. The van der Waals surface area contributed by atoms with Crippen molar-refractivity contribution >= 4 is 29.4 Å². The number of hydrogen-bond donors (Lipinski definition) is 1. The summed E-state index contributed by atoms with van der Waals surface area (Å²) < 4.78 is 15.5. The Hall–Kier alpha value is -2.32. The Morgan fingerprint density at radius 3 is 2.70 bits per heavy atom. The smallest absolute Gasteiger partial charge is 0.230 e. The quantitative estimate of drug-likeness (QED) is 0.438. The van der Waals surface area contributed by atoms with E-state index in [9.17, 15) is 9.18 Å². The van der Waals surface area contributed by atoms with Crippen LogP contribution in [0, 0.1) is 5.82 Å². The lowest BCUT2D eigenvalue weighted by Crippen LogP contribution is -2.27. The molecular weight excluding hydrogens is 383 g/mol. The van der Waals surface area contributed by atoms with Crippen molar-refractivity contribution in [3.05, 3.63) is 72.3 Å². The number of nitrogens with one attached hydrogen (secondary N) is 1. The molecule has 0 unspecified atom stereocenters. The average Bonchev–Trinajstić information content (AvgIpc) is 3.15. The average molecular weight is 403 g/mol. The molecule has 2 aromatic carbocycles. The van der Waals surface area contributed by atoms with E-state index in [-0.39, 0.29) is 17.5 Å².